The molecule has 0 atom stereocenters. The van der Waals surface area contributed by atoms with Gasteiger partial charge in [-0.1, -0.05) is 30.3 Å². The number of nitrogens with zero attached hydrogens (tertiary/aromatic N) is 4. The number of aliphatic hydroxyl groups excluding tert-OH is 2. The Balaban J connectivity index is 1.29. The number of nitrogens with one attached hydrogen (secondary N) is 3. The Hall–Kier alpha value is -5.34. The van der Waals surface area contributed by atoms with Crippen molar-refractivity contribution in [2.75, 3.05) is 61.2 Å². The van der Waals surface area contributed by atoms with Gasteiger partial charge < -0.3 is 31.1 Å². The van der Waals surface area contributed by atoms with E-state index in [1.807, 2.05) is 85.7 Å². The first-order valence-electron chi connectivity index (χ1n) is 15.1. The number of aromatic nitrogens is 2. The van der Waals surface area contributed by atoms with Crippen LogP contribution in [0, 0.1) is 0 Å². The van der Waals surface area contributed by atoms with Crippen LogP contribution in [-0.4, -0.2) is 79.2 Å². The van der Waals surface area contributed by atoms with Gasteiger partial charge in [-0.15, -0.1) is 0 Å². The van der Waals surface area contributed by atoms with E-state index < -0.39 is 15.9 Å². The van der Waals surface area contributed by atoms with E-state index in [1.165, 1.54) is 30.6 Å². The molecule has 0 saturated carbocycles. The van der Waals surface area contributed by atoms with E-state index in [0.29, 0.717) is 17.2 Å². The Morgan fingerprint density at radius 1 is 0.750 bits per heavy atom. The fourth-order valence-corrected chi connectivity index (χ4v) is 6.36. The zero-order valence-corrected chi connectivity index (χ0v) is 27.4. The molecule has 0 fully saturated rings. The molecule has 0 radical (unpaired) electrons. The fourth-order valence-electron chi connectivity index (χ4n) is 4.93. The minimum absolute atomic E-state index is 0.0454. The molecule has 5 N–H and O–H groups in total. The van der Waals surface area contributed by atoms with E-state index in [2.05, 4.69) is 25.9 Å². The van der Waals surface area contributed by atoms with Gasteiger partial charge in [0, 0.05) is 72.8 Å². The predicted octanol–water partition coefficient (Wildman–Crippen LogP) is 4.92. The molecule has 48 heavy (non-hydrogen) atoms. The number of amides is 1. The minimum Gasteiger partial charge on any atom is -0.395 e. The van der Waals surface area contributed by atoms with Crippen LogP contribution in [0.25, 0.3) is 11.3 Å². The number of hydrogen-bond acceptors (Lipinski definition) is 10. The van der Waals surface area contributed by atoms with Gasteiger partial charge in [-0.3, -0.25) is 4.79 Å². The summed E-state index contributed by atoms with van der Waals surface area (Å²) in [6, 6.07) is 30.4. The zero-order valence-electron chi connectivity index (χ0n) is 26.5. The van der Waals surface area contributed by atoms with Crippen molar-refractivity contribution < 1.29 is 23.4 Å². The SMILES string of the molecule is CN(C)c1cccc(Nc2cc(-c3ccccc3Nc3cccc(NC(=O)c4ccc(S(=O)(=O)N(CCO)CCO)cc4)c3)ncn2)c1. The first-order valence-corrected chi connectivity index (χ1v) is 16.6. The highest BCUT2D eigenvalue weighted by Crippen LogP contribution is 2.31. The molecule has 13 heteroatoms. The number of aliphatic hydroxyl groups is 2. The molecule has 0 unspecified atom stereocenters. The summed E-state index contributed by atoms with van der Waals surface area (Å²) in [6.45, 7) is -1.07. The molecule has 1 aromatic heterocycles. The summed E-state index contributed by atoms with van der Waals surface area (Å²) in [5.74, 6) is 0.227. The number of benzene rings is 4. The number of carbonyl (C=O) groups excluding carboxylic acids is 1. The lowest BCUT2D eigenvalue weighted by Gasteiger charge is -2.20. The maximum atomic E-state index is 13.1. The third-order valence-electron chi connectivity index (χ3n) is 7.36. The van der Waals surface area contributed by atoms with Crippen molar-refractivity contribution in [1.82, 2.24) is 14.3 Å². The predicted molar refractivity (Wildman–Crippen MR) is 189 cm³/mol. The van der Waals surface area contributed by atoms with Gasteiger partial charge in [0.1, 0.15) is 12.1 Å². The van der Waals surface area contributed by atoms with Gasteiger partial charge in [0.05, 0.1) is 23.8 Å². The maximum absolute atomic E-state index is 13.1. The van der Waals surface area contributed by atoms with E-state index in [9.17, 15) is 23.4 Å². The van der Waals surface area contributed by atoms with Crippen LogP contribution >= 0.6 is 0 Å². The van der Waals surface area contributed by atoms with Crippen LogP contribution in [0.4, 0.5) is 34.3 Å². The van der Waals surface area contributed by atoms with Gasteiger partial charge in [-0.25, -0.2) is 18.4 Å². The largest absolute Gasteiger partial charge is 0.395 e. The van der Waals surface area contributed by atoms with Crippen LogP contribution in [0.15, 0.2) is 114 Å². The number of sulfonamides is 1. The van der Waals surface area contributed by atoms with Crippen LogP contribution in [-0.2, 0) is 10.0 Å². The number of para-hydroxylation sites is 1. The van der Waals surface area contributed by atoms with Gasteiger partial charge in [-0.2, -0.15) is 4.31 Å². The molecular formula is C35H37N7O5S. The summed E-state index contributed by atoms with van der Waals surface area (Å²) in [7, 11) is 0.0297. The smallest absolute Gasteiger partial charge is 0.255 e. The molecule has 0 bridgehead atoms. The Morgan fingerprint density at radius 3 is 2.12 bits per heavy atom. The number of carbonyl (C=O) groups is 1. The standard InChI is InChI=1S/C35H37N7O5S/c1-41(2)29-10-6-9-28(22-29)39-34-23-33(36-24-37-34)31-11-3-4-12-32(31)38-26-7-5-8-27(21-26)40-35(45)25-13-15-30(16-14-25)48(46,47)42(17-19-43)18-20-44/h3-16,21-24,38,43-44H,17-20H2,1-2H3,(H,40,45)(H,36,37,39). The Labute approximate surface area is 279 Å². The second kappa shape index (κ2) is 15.5. The molecule has 1 heterocycles. The minimum atomic E-state index is -3.95. The highest BCUT2D eigenvalue weighted by atomic mass is 32.2. The average molecular weight is 668 g/mol. The lowest BCUT2D eigenvalue weighted by molar-refractivity contribution is 0.102. The molecule has 4 aromatic carbocycles. The molecule has 0 aliphatic carbocycles. The van der Waals surface area contributed by atoms with E-state index in [-0.39, 0.29) is 36.8 Å². The molecule has 5 rings (SSSR count). The number of anilines is 6. The number of rotatable bonds is 14. The van der Waals surface area contributed by atoms with Crippen LogP contribution in [0.3, 0.4) is 0 Å². The Morgan fingerprint density at radius 2 is 1.42 bits per heavy atom. The van der Waals surface area contributed by atoms with Crippen molar-refractivity contribution in [2.24, 2.45) is 0 Å². The summed E-state index contributed by atoms with van der Waals surface area (Å²) in [6.07, 6.45) is 1.52. The normalized spacial score (nSPS) is 11.3. The molecule has 248 valence electrons. The molecule has 5 aromatic rings. The zero-order chi connectivity index (χ0) is 34.1. The third kappa shape index (κ3) is 8.32. The molecule has 1 amide bonds. The molecule has 12 nitrogen and oxygen atoms in total. The molecule has 0 aliphatic rings. The van der Waals surface area contributed by atoms with Crippen molar-refractivity contribution >= 4 is 50.2 Å². The molecule has 0 saturated heterocycles. The Bertz CT molecular complexity index is 1960. The van der Waals surface area contributed by atoms with Gasteiger partial charge >= 0.3 is 0 Å². The van der Waals surface area contributed by atoms with Gasteiger partial charge in [-0.05, 0) is 66.7 Å². The molecule has 0 aliphatic heterocycles. The summed E-state index contributed by atoms with van der Waals surface area (Å²) in [5.41, 5.74) is 5.85. The molecule has 0 spiro atoms. The second-order valence-corrected chi connectivity index (χ2v) is 12.9. The summed E-state index contributed by atoms with van der Waals surface area (Å²) < 4.78 is 26.8. The van der Waals surface area contributed by atoms with E-state index in [1.54, 1.807) is 12.1 Å². The van der Waals surface area contributed by atoms with E-state index >= 15 is 0 Å². The monoisotopic (exact) mass is 667 g/mol. The highest BCUT2D eigenvalue weighted by molar-refractivity contribution is 7.89. The van der Waals surface area contributed by atoms with E-state index in [4.69, 9.17) is 0 Å². The quantitative estimate of drug-likeness (QED) is 0.110. The van der Waals surface area contributed by atoms with Crippen LogP contribution in [0.1, 0.15) is 10.4 Å². The topological polar surface area (TPSA) is 160 Å². The van der Waals surface area contributed by atoms with Crippen LogP contribution in [0.5, 0.6) is 0 Å². The average Bonchev–Trinajstić information content (AvgIpc) is 3.09. The van der Waals surface area contributed by atoms with Crippen molar-refractivity contribution in [3.63, 3.8) is 0 Å². The summed E-state index contributed by atoms with van der Waals surface area (Å²) in [4.78, 5) is 24.0. The first kappa shape index (κ1) is 34.0. The van der Waals surface area contributed by atoms with Gasteiger partial charge in [0.25, 0.3) is 5.91 Å². The lowest BCUT2D eigenvalue weighted by Crippen LogP contribution is -2.35. The first-order chi connectivity index (χ1) is 23.2. The van der Waals surface area contributed by atoms with Crippen molar-refractivity contribution in [2.45, 2.75) is 4.90 Å². The Kier molecular flexibility index (Phi) is 11.0. The molecular weight excluding hydrogens is 630 g/mol. The number of hydrogen-bond donors (Lipinski definition) is 5. The maximum Gasteiger partial charge on any atom is 0.255 e. The third-order valence-corrected chi connectivity index (χ3v) is 9.27. The van der Waals surface area contributed by atoms with Crippen LogP contribution < -0.4 is 20.9 Å². The van der Waals surface area contributed by atoms with Gasteiger partial charge in [0.2, 0.25) is 10.0 Å². The van der Waals surface area contributed by atoms with Gasteiger partial charge in [0.15, 0.2) is 0 Å². The lowest BCUT2D eigenvalue weighted by atomic mass is 10.1. The van der Waals surface area contributed by atoms with Crippen molar-refractivity contribution in [3.8, 4) is 11.3 Å². The van der Waals surface area contributed by atoms with E-state index in [0.717, 1.165) is 32.6 Å². The summed E-state index contributed by atoms with van der Waals surface area (Å²) >= 11 is 0. The highest BCUT2D eigenvalue weighted by Gasteiger charge is 2.24. The fraction of sp³-hybridized carbons (Fsp3) is 0.171. The summed E-state index contributed by atoms with van der Waals surface area (Å²) in [5, 5.41) is 28.1. The van der Waals surface area contributed by atoms with Crippen LogP contribution in [0.2, 0.25) is 0 Å². The van der Waals surface area contributed by atoms with Crippen molar-refractivity contribution in [1.29, 1.82) is 0 Å². The van der Waals surface area contributed by atoms with Crippen molar-refractivity contribution in [3.05, 3.63) is 115 Å². The second-order valence-electron chi connectivity index (χ2n) is 10.9.